The number of amides is 1. The molecule has 2 heterocycles. The summed E-state index contributed by atoms with van der Waals surface area (Å²) in [6.45, 7) is 2.89. The molecule has 0 radical (unpaired) electrons. The highest BCUT2D eigenvalue weighted by Gasteiger charge is 2.30. The first-order valence-corrected chi connectivity index (χ1v) is 13.0. The monoisotopic (exact) mass is 546 g/mol. The maximum absolute atomic E-state index is 13.3. The Labute approximate surface area is 229 Å². The zero-order chi connectivity index (χ0) is 28.1. The van der Waals surface area contributed by atoms with Gasteiger partial charge in [0, 0.05) is 30.2 Å². The summed E-state index contributed by atoms with van der Waals surface area (Å²) in [7, 11) is 0. The Kier molecular flexibility index (Phi) is 8.02. The van der Waals surface area contributed by atoms with Gasteiger partial charge in [-0.05, 0) is 42.2 Å². The molecule has 0 aliphatic rings. The van der Waals surface area contributed by atoms with Crippen molar-refractivity contribution in [3.63, 3.8) is 0 Å². The molecule has 1 amide bonds. The number of halogens is 3. The maximum atomic E-state index is 13.3. The van der Waals surface area contributed by atoms with E-state index in [1.54, 1.807) is 6.07 Å². The van der Waals surface area contributed by atoms with Crippen LogP contribution in [0.5, 0.6) is 0 Å². The third kappa shape index (κ3) is 6.60. The molecule has 2 aromatic heterocycles. The van der Waals surface area contributed by atoms with Crippen molar-refractivity contribution in [2.75, 3.05) is 6.54 Å². The molecule has 206 valence electrons. The number of fused-ring (bicyclic) bond motifs is 1. The second-order valence-corrected chi connectivity index (χ2v) is 9.75. The minimum absolute atomic E-state index is 0.147. The number of aromatic nitrogens is 2. The van der Waals surface area contributed by atoms with Gasteiger partial charge in [0.1, 0.15) is 6.26 Å². The molecule has 0 spiro atoms. The van der Waals surface area contributed by atoms with E-state index in [0.29, 0.717) is 24.4 Å². The zero-order valence-electron chi connectivity index (χ0n) is 21.9. The van der Waals surface area contributed by atoms with Crippen LogP contribution < -0.4 is 5.32 Å². The van der Waals surface area contributed by atoms with Crippen LogP contribution in [0.4, 0.5) is 13.2 Å². The number of nitrogens with zero attached hydrogens (tertiary/aromatic N) is 2. The van der Waals surface area contributed by atoms with Crippen molar-refractivity contribution in [2.24, 2.45) is 0 Å². The molecule has 5 aromatic rings. The molecule has 1 atom stereocenters. The predicted octanol–water partition coefficient (Wildman–Crippen LogP) is 6.91. The number of H-pyrrole nitrogens is 1. The summed E-state index contributed by atoms with van der Waals surface area (Å²) in [5.74, 6) is -0.0574. The molecule has 9 heteroatoms. The summed E-state index contributed by atoms with van der Waals surface area (Å²) < 4.78 is 45.6. The molecule has 0 aliphatic carbocycles. The largest absolute Gasteiger partial charge is 0.447 e. The summed E-state index contributed by atoms with van der Waals surface area (Å²) in [5, 5.41) is 4.02. The van der Waals surface area contributed by atoms with Crippen LogP contribution in [0.25, 0.3) is 10.9 Å². The van der Waals surface area contributed by atoms with Crippen LogP contribution in [0.1, 0.15) is 51.6 Å². The van der Waals surface area contributed by atoms with Gasteiger partial charge in [-0.1, -0.05) is 66.7 Å². The van der Waals surface area contributed by atoms with E-state index in [9.17, 15) is 18.0 Å². The summed E-state index contributed by atoms with van der Waals surface area (Å²) >= 11 is 0. The fraction of sp³-hybridized carbons (Fsp3) is 0.226. The third-order valence-corrected chi connectivity index (χ3v) is 6.82. The van der Waals surface area contributed by atoms with Gasteiger partial charge in [-0.25, -0.2) is 4.98 Å². The first-order chi connectivity index (χ1) is 19.3. The smallest absolute Gasteiger partial charge is 0.416 e. The zero-order valence-corrected chi connectivity index (χ0v) is 21.9. The third-order valence-electron chi connectivity index (χ3n) is 6.82. The average molecular weight is 547 g/mol. The van der Waals surface area contributed by atoms with Gasteiger partial charge in [-0.15, -0.1) is 0 Å². The van der Waals surface area contributed by atoms with E-state index in [4.69, 9.17) is 4.42 Å². The minimum atomic E-state index is -4.42. The number of aromatic amines is 1. The van der Waals surface area contributed by atoms with Gasteiger partial charge in [0.25, 0.3) is 5.91 Å². The van der Waals surface area contributed by atoms with Crippen LogP contribution in [0.15, 0.2) is 95.7 Å². The number of carbonyl (C=O) groups is 1. The first-order valence-electron chi connectivity index (χ1n) is 13.0. The van der Waals surface area contributed by atoms with Gasteiger partial charge in [-0.2, -0.15) is 13.2 Å². The lowest BCUT2D eigenvalue weighted by Gasteiger charge is -2.21. The van der Waals surface area contributed by atoms with Gasteiger partial charge in [0.05, 0.1) is 18.2 Å². The quantitative estimate of drug-likeness (QED) is 0.200. The van der Waals surface area contributed by atoms with Gasteiger partial charge in [-0.3, -0.25) is 9.69 Å². The molecule has 0 saturated carbocycles. The Bertz CT molecular complexity index is 1580. The summed E-state index contributed by atoms with van der Waals surface area (Å²) in [5.41, 5.74) is 3.07. The van der Waals surface area contributed by atoms with Crippen LogP contribution in [-0.2, 0) is 25.7 Å². The SMILES string of the molecule is C[C@@H](NC(=O)c1coc(CN(CCc2c[nH]c3ccccc23)Cc2cccc(C(F)(F)F)c2)n1)c1ccccc1. The Hall–Kier alpha value is -4.37. The van der Waals surface area contributed by atoms with E-state index in [1.807, 2.05) is 72.6 Å². The Balaban J connectivity index is 1.31. The molecular formula is C31H29F3N4O2. The lowest BCUT2D eigenvalue weighted by Crippen LogP contribution is -2.27. The molecule has 6 nitrogen and oxygen atoms in total. The van der Waals surface area contributed by atoms with E-state index in [-0.39, 0.29) is 30.7 Å². The minimum Gasteiger partial charge on any atom is -0.447 e. The molecular weight excluding hydrogens is 517 g/mol. The van der Waals surface area contributed by atoms with Crippen molar-refractivity contribution in [3.8, 4) is 0 Å². The second-order valence-electron chi connectivity index (χ2n) is 9.75. The van der Waals surface area contributed by atoms with Crippen LogP contribution in [-0.4, -0.2) is 27.3 Å². The average Bonchev–Trinajstić information content (AvgIpc) is 3.59. The summed E-state index contributed by atoms with van der Waals surface area (Å²) in [6.07, 6.45) is -0.503. The van der Waals surface area contributed by atoms with Crippen molar-refractivity contribution in [3.05, 3.63) is 125 Å². The highest BCUT2D eigenvalue weighted by atomic mass is 19.4. The summed E-state index contributed by atoms with van der Waals surface area (Å²) in [4.78, 5) is 22.4. The molecule has 0 aliphatic heterocycles. The number of para-hydroxylation sites is 1. The molecule has 40 heavy (non-hydrogen) atoms. The fourth-order valence-corrected chi connectivity index (χ4v) is 4.71. The normalized spacial score (nSPS) is 12.6. The van der Waals surface area contributed by atoms with Crippen molar-refractivity contribution in [1.29, 1.82) is 0 Å². The van der Waals surface area contributed by atoms with Gasteiger partial charge >= 0.3 is 6.18 Å². The van der Waals surface area contributed by atoms with Crippen molar-refractivity contribution >= 4 is 16.8 Å². The van der Waals surface area contributed by atoms with Crippen LogP contribution >= 0.6 is 0 Å². The standard InChI is InChI=1S/C31H29F3N4O2/c1-21(23-9-3-2-4-10-23)36-30(39)28-20-40-29(37-28)19-38(18-22-8-7-11-25(16-22)31(32,33)34)15-14-24-17-35-27-13-6-5-12-26(24)27/h2-13,16-17,20-21,35H,14-15,18-19H2,1H3,(H,36,39)/t21-/m1/s1. The highest BCUT2D eigenvalue weighted by Crippen LogP contribution is 2.30. The number of benzene rings is 3. The molecule has 0 unspecified atom stereocenters. The van der Waals surface area contributed by atoms with E-state index in [2.05, 4.69) is 15.3 Å². The van der Waals surface area contributed by atoms with Crippen molar-refractivity contribution < 1.29 is 22.4 Å². The number of oxazole rings is 1. The van der Waals surface area contributed by atoms with Gasteiger partial charge in [0.2, 0.25) is 5.89 Å². The summed E-state index contributed by atoms with van der Waals surface area (Å²) in [6, 6.07) is 22.6. The molecule has 0 saturated heterocycles. The number of rotatable bonds is 10. The molecule has 2 N–H and O–H groups in total. The molecule has 3 aromatic carbocycles. The molecule has 5 rings (SSSR count). The topological polar surface area (TPSA) is 74.2 Å². The van der Waals surface area contributed by atoms with Crippen LogP contribution in [0.3, 0.4) is 0 Å². The predicted molar refractivity (Wildman–Crippen MR) is 146 cm³/mol. The second kappa shape index (κ2) is 11.8. The number of carbonyl (C=O) groups excluding carboxylic acids is 1. The fourth-order valence-electron chi connectivity index (χ4n) is 4.71. The van der Waals surface area contributed by atoms with Crippen LogP contribution in [0.2, 0.25) is 0 Å². The maximum Gasteiger partial charge on any atom is 0.416 e. The Morgan fingerprint density at radius 3 is 2.60 bits per heavy atom. The molecule has 0 fully saturated rings. The van der Waals surface area contributed by atoms with Crippen molar-refractivity contribution in [1.82, 2.24) is 20.2 Å². The highest BCUT2D eigenvalue weighted by molar-refractivity contribution is 5.92. The lowest BCUT2D eigenvalue weighted by atomic mass is 10.1. The Morgan fingerprint density at radius 1 is 1.02 bits per heavy atom. The Morgan fingerprint density at radius 2 is 1.80 bits per heavy atom. The number of alkyl halides is 3. The van der Waals surface area contributed by atoms with E-state index < -0.39 is 11.7 Å². The number of nitrogens with one attached hydrogen (secondary N) is 2. The van der Waals surface area contributed by atoms with Gasteiger partial charge < -0.3 is 14.7 Å². The van der Waals surface area contributed by atoms with E-state index in [1.165, 1.54) is 12.3 Å². The van der Waals surface area contributed by atoms with Gasteiger partial charge in [0.15, 0.2) is 5.69 Å². The lowest BCUT2D eigenvalue weighted by molar-refractivity contribution is -0.137. The van der Waals surface area contributed by atoms with Crippen LogP contribution in [0, 0.1) is 0 Å². The van der Waals surface area contributed by atoms with E-state index >= 15 is 0 Å². The molecule has 0 bridgehead atoms. The first kappa shape index (κ1) is 27.2. The number of hydrogen-bond acceptors (Lipinski definition) is 4. The van der Waals surface area contributed by atoms with E-state index in [0.717, 1.165) is 34.2 Å². The van der Waals surface area contributed by atoms with Crippen molar-refractivity contribution in [2.45, 2.75) is 38.7 Å². The number of hydrogen-bond donors (Lipinski definition) is 2.